The maximum atomic E-state index is 12.5. The molecule has 3 heterocycles. The third-order valence-electron chi connectivity index (χ3n) is 4.77. The van der Waals surface area contributed by atoms with Crippen molar-refractivity contribution in [2.45, 2.75) is 38.6 Å². The van der Waals surface area contributed by atoms with E-state index in [4.69, 9.17) is 4.52 Å². The fourth-order valence-electron chi connectivity index (χ4n) is 3.26. The van der Waals surface area contributed by atoms with Crippen molar-refractivity contribution in [3.63, 3.8) is 0 Å². The Kier molecular flexibility index (Phi) is 4.55. The van der Waals surface area contributed by atoms with Crippen LogP contribution in [0.15, 0.2) is 10.6 Å². The third kappa shape index (κ3) is 3.13. The van der Waals surface area contributed by atoms with Crippen molar-refractivity contribution < 1.29 is 18.9 Å². The van der Waals surface area contributed by atoms with Crippen molar-refractivity contribution in [3.8, 4) is 0 Å². The quantitative estimate of drug-likeness (QED) is 0.731. The molecule has 3 amide bonds. The number of aromatic nitrogens is 1. The van der Waals surface area contributed by atoms with Crippen molar-refractivity contribution in [3.05, 3.63) is 17.5 Å². The summed E-state index contributed by atoms with van der Waals surface area (Å²) in [5.74, 6) is -0.269. The number of piperidine rings is 1. The maximum Gasteiger partial charge on any atom is 0.312 e. The molecule has 2 aliphatic heterocycles. The molecule has 1 atom stereocenters. The minimum atomic E-state index is -0.607. The van der Waals surface area contributed by atoms with Crippen molar-refractivity contribution in [2.75, 3.05) is 26.2 Å². The molecule has 0 spiro atoms. The van der Waals surface area contributed by atoms with Crippen LogP contribution in [-0.4, -0.2) is 64.9 Å². The van der Waals surface area contributed by atoms with E-state index >= 15 is 0 Å². The minimum absolute atomic E-state index is 0.221. The number of carbonyl (C=O) groups excluding carboxylic acids is 3. The molecule has 0 bridgehead atoms. The van der Waals surface area contributed by atoms with Gasteiger partial charge < -0.3 is 19.6 Å². The van der Waals surface area contributed by atoms with Crippen LogP contribution in [0.2, 0.25) is 0 Å². The standard InChI is InChI=1S/C16H22N4O4/c1-10-9-13(24-18-10)12-3-6-19(7-4-12)15(22)16(23)20-8-5-17-14(21)11(20)2/h9,11-12H,3-8H2,1-2H3,(H,17,21). The molecule has 8 nitrogen and oxygen atoms in total. The van der Waals surface area contributed by atoms with E-state index in [1.165, 1.54) is 4.90 Å². The van der Waals surface area contributed by atoms with Gasteiger partial charge in [0.25, 0.3) is 0 Å². The van der Waals surface area contributed by atoms with Crippen LogP contribution in [0, 0.1) is 6.92 Å². The van der Waals surface area contributed by atoms with Gasteiger partial charge in [-0.15, -0.1) is 0 Å². The molecule has 0 saturated carbocycles. The summed E-state index contributed by atoms with van der Waals surface area (Å²) in [5, 5.41) is 6.58. The van der Waals surface area contributed by atoms with E-state index in [-0.39, 0.29) is 11.8 Å². The fraction of sp³-hybridized carbons (Fsp3) is 0.625. The van der Waals surface area contributed by atoms with Crippen molar-refractivity contribution in [1.29, 1.82) is 0 Å². The van der Waals surface area contributed by atoms with Crippen molar-refractivity contribution in [2.24, 2.45) is 0 Å². The topological polar surface area (TPSA) is 95.8 Å². The van der Waals surface area contributed by atoms with Crippen LogP contribution in [0.25, 0.3) is 0 Å². The van der Waals surface area contributed by atoms with E-state index in [1.54, 1.807) is 11.8 Å². The number of piperazine rings is 1. The van der Waals surface area contributed by atoms with Gasteiger partial charge in [0.2, 0.25) is 5.91 Å². The van der Waals surface area contributed by atoms with E-state index in [2.05, 4.69) is 10.5 Å². The summed E-state index contributed by atoms with van der Waals surface area (Å²) in [4.78, 5) is 39.5. The Morgan fingerprint density at radius 3 is 2.58 bits per heavy atom. The predicted molar refractivity (Wildman–Crippen MR) is 84.0 cm³/mol. The summed E-state index contributed by atoms with van der Waals surface area (Å²) < 4.78 is 5.29. The lowest BCUT2D eigenvalue weighted by Crippen LogP contribution is -2.59. The van der Waals surface area contributed by atoms with Crippen LogP contribution in [0.1, 0.15) is 37.1 Å². The average molecular weight is 334 g/mol. The van der Waals surface area contributed by atoms with Crippen LogP contribution in [0.3, 0.4) is 0 Å². The Labute approximate surface area is 140 Å². The van der Waals surface area contributed by atoms with Crippen LogP contribution in [0.5, 0.6) is 0 Å². The van der Waals surface area contributed by atoms with Gasteiger partial charge in [-0.25, -0.2) is 0 Å². The molecule has 1 aromatic rings. The molecule has 8 heteroatoms. The Morgan fingerprint density at radius 2 is 1.96 bits per heavy atom. The molecule has 2 saturated heterocycles. The van der Waals surface area contributed by atoms with Gasteiger partial charge >= 0.3 is 11.8 Å². The highest BCUT2D eigenvalue weighted by Gasteiger charge is 2.36. The van der Waals surface area contributed by atoms with Crippen molar-refractivity contribution >= 4 is 17.7 Å². The summed E-state index contributed by atoms with van der Waals surface area (Å²) in [5.41, 5.74) is 0.844. The van der Waals surface area contributed by atoms with Gasteiger partial charge in [0, 0.05) is 38.2 Å². The highest BCUT2D eigenvalue weighted by molar-refractivity contribution is 6.35. The number of rotatable bonds is 1. The number of likely N-dealkylation sites (tertiary alicyclic amines) is 1. The number of aryl methyl sites for hydroxylation is 1. The molecular formula is C16H22N4O4. The number of nitrogens with one attached hydrogen (secondary N) is 1. The van der Waals surface area contributed by atoms with E-state index in [9.17, 15) is 14.4 Å². The smallest absolute Gasteiger partial charge is 0.312 e. The lowest BCUT2D eigenvalue weighted by atomic mass is 9.94. The number of hydrogen-bond acceptors (Lipinski definition) is 5. The normalized spacial score (nSPS) is 22.4. The molecule has 1 aromatic heterocycles. The highest BCUT2D eigenvalue weighted by Crippen LogP contribution is 2.28. The van der Waals surface area contributed by atoms with Gasteiger partial charge in [-0.3, -0.25) is 14.4 Å². The first kappa shape index (κ1) is 16.5. The van der Waals surface area contributed by atoms with Gasteiger partial charge in [0.05, 0.1) is 5.69 Å². The lowest BCUT2D eigenvalue weighted by molar-refractivity contribution is -0.156. The monoisotopic (exact) mass is 334 g/mol. The van der Waals surface area contributed by atoms with Gasteiger partial charge in [-0.1, -0.05) is 5.16 Å². The zero-order chi connectivity index (χ0) is 17.3. The Hall–Kier alpha value is -2.38. The first-order valence-electron chi connectivity index (χ1n) is 8.28. The summed E-state index contributed by atoms with van der Waals surface area (Å²) in [6.07, 6.45) is 1.48. The average Bonchev–Trinajstić information content (AvgIpc) is 3.03. The predicted octanol–water partition coefficient (Wildman–Crippen LogP) is 0.0359. The maximum absolute atomic E-state index is 12.5. The summed E-state index contributed by atoms with van der Waals surface area (Å²) in [7, 11) is 0. The summed E-state index contributed by atoms with van der Waals surface area (Å²) in [6, 6.07) is 1.31. The molecular weight excluding hydrogens is 312 g/mol. The molecule has 0 radical (unpaired) electrons. The lowest BCUT2D eigenvalue weighted by Gasteiger charge is -2.35. The highest BCUT2D eigenvalue weighted by atomic mass is 16.5. The molecule has 3 rings (SSSR count). The molecule has 1 N–H and O–H groups in total. The molecule has 0 aromatic carbocycles. The molecule has 2 aliphatic rings. The number of hydrogen-bond donors (Lipinski definition) is 1. The first-order chi connectivity index (χ1) is 11.5. The van der Waals surface area contributed by atoms with E-state index in [0.29, 0.717) is 26.2 Å². The van der Waals surface area contributed by atoms with Crippen LogP contribution >= 0.6 is 0 Å². The SMILES string of the molecule is Cc1cc(C2CCN(C(=O)C(=O)N3CCNC(=O)C3C)CC2)on1. The molecule has 0 aliphatic carbocycles. The van der Waals surface area contributed by atoms with Crippen LogP contribution in [-0.2, 0) is 14.4 Å². The second-order valence-corrected chi connectivity index (χ2v) is 6.40. The minimum Gasteiger partial charge on any atom is -0.361 e. The second-order valence-electron chi connectivity index (χ2n) is 6.40. The summed E-state index contributed by atoms with van der Waals surface area (Å²) >= 11 is 0. The van der Waals surface area contributed by atoms with Gasteiger partial charge in [-0.05, 0) is 26.7 Å². The first-order valence-corrected chi connectivity index (χ1v) is 8.28. The van der Waals surface area contributed by atoms with Crippen LogP contribution in [0.4, 0.5) is 0 Å². The number of amides is 3. The van der Waals surface area contributed by atoms with Gasteiger partial charge in [0.1, 0.15) is 11.8 Å². The molecule has 24 heavy (non-hydrogen) atoms. The number of nitrogens with zero attached hydrogens (tertiary/aromatic N) is 3. The van der Waals surface area contributed by atoms with Crippen LogP contribution < -0.4 is 5.32 Å². The van der Waals surface area contributed by atoms with Gasteiger partial charge in [-0.2, -0.15) is 0 Å². The van der Waals surface area contributed by atoms with E-state index in [1.807, 2.05) is 13.0 Å². The van der Waals surface area contributed by atoms with E-state index < -0.39 is 17.9 Å². The van der Waals surface area contributed by atoms with Crippen molar-refractivity contribution in [1.82, 2.24) is 20.3 Å². The Bertz CT molecular complexity index is 648. The third-order valence-corrected chi connectivity index (χ3v) is 4.77. The number of carbonyl (C=O) groups is 3. The Balaban J connectivity index is 1.58. The van der Waals surface area contributed by atoms with E-state index in [0.717, 1.165) is 24.3 Å². The largest absolute Gasteiger partial charge is 0.361 e. The molecule has 130 valence electrons. The fourth-order valence-corrected chi connectivity index (χ4v) is 3.26. The Morgan fingerprint density at radius 1 is 1.25 bits per heavy atom. The zero-order valence-corrected chi connectivity index (χ0v) is 13.9. The second kappa shape index (κ2) is 6.62. The van der Waals surface area contributed by atoms with Gasteiger partial charge in [0.15, 0.2) is 0 Å². The molecule has 2 fully saturated rings. The zero-order valence-electron chi connectivity index (χ0n) is 13.9. The molecule has 1 unspecified atom stereocenters. The summed E-state index contributed by atoms with van der Waals surface area (Å²) in [6.45, 7) is 5.27.